The van der Waals surface area contributed by atoms with E-state index < -0.39 is 7.92 Å². The second kappa shape index (κ2) is 20.6. The fourth-order valence-corrected chi connectivity index (χ4v) is 8.49. The molecule has 212 valence electrons. The van der Waals surface area contributed by atoms with Crippen LogP contribution in [0.2, 0.25) is 0 Å². The number of thioether (sulfide) groups is 2. The van der Waals surface area contributed by atoms with Crippen molar-refractivity contribution in [2.75, 3.05) is 0 Å². The fourth-order valence-electron chi connectivity index (χ4n) is 4.12. The third-order valence-corrected chi connectivity index (χ3v) is 10.6. The molecule has 0 radical (unpaired) electrons. The summed E-state index contributed by atoms with van der Waals surface area (Å²) < 4.78 is 0. The van der Waals surface area contributed by atoms with E-state index in [0.717, 1.165) is 12.8 Å². The maximum atomic E-state index is 7.00. The van der Waals surface area contributed by atoms with Gasteiger partial charge in [-0.15, -0.1) is 0 Å². The molecule has 0 heterocycles. The predicted molar refractivity (Wildman–Crippen MR) is 183 cm³/mol. The molecule has 0 aliphatic heterocycles. The van der Waals surface area contributed by atoms with Crippen molar-refractivity contribution in [2.45, 2.75) is 41.9 Å². The van der Waals surface area contributed by atoms with Crippen LogP contribution >= 0.6 is 31.4 Å². The van der Waals surface area contributed by atoms with Gasteiger partial charge >= 0.3 is 0 Å². The number of unbranched alkanes of at least 4 members (excludes halogenated alkanes) is 2. The molecule has 4 aromatic rings. The molecule has 0 fully saturated rings. The summed E-state index contributed by atoms with van der Waals surface area (Å²) >= 11 is 3.79. The average molecular weight is 601 g/mol. The average Bonchev–Trinajstić information content (AvgIpc) is 3.02. The van der Waals surface area contributed by atoms with Crippen molar-refractivity contribution in [3.63, 3.8) is 0 Å². The van der Waals surface area contributed by atoms with Crippen LogP contribution in [0.1, 0.15) is 32.1 Å². The lowest BCUT2D eigenvalue weighted by Crippen LogP contribution is -2.09. The lowest BCUT2D eigenvalue weighted by Gasteiger charge is -2.17. The van der Waals surface area contributed by atoms with Crippen molar-refractivity contribution < 1.29 is 5.48 Å². The van der Waals surface area contributed by atoms with Crippen LogP contribution in [0.25, 0.3) is 0 Å². The van der Waals surface area contributed by atoms with E-state index >= 15 is 0 Å². The van der Waals surface area contributed by atoms with Gasteiger partial charge in [0.25, 0.3) is 0 Å². The molecule has 4 rings (SSSR count). The second-order valence-electron chi connectivity index (χ2n) is 8.90. The Bertz CT molecular complexity index is 1280. The van der Waals surface area contributed by atoms with Crippen LogP contribution in [0.4, 0.5) is 0 Å². The topological polar surface area (TPSA) is 65.6 Å². The van der Waals surface area contributed by atoms with Gasteiger partial charge in [0.2, 0.25) is 0 Å². The molecule has 0 spiro atoms. The molecule has 0 atom stereocenters. The molecular weight excluding hydrogens is 563 g/mol. The Morgan fingerprint density at radius 2 is 0.976 bits per heavy atom. The largest absolute Gasteiger partial charge is 0.412 e. The molecule has 0 aliphatic rings. The zero-order valence-corrected chi connectivity index (χ0v) is 25.6. The number of hydrogen-bond donors (Lipinski definition) is 0. The van der Waals surface area contributed by atoms with E-state index in [-0.39, 0.29) is 5.48 Å². The molecule has 0 bridgehead atoms. The minimum atomic E-state index is -0.561. The highest BCUT2D eigenvalue weighted by Crippen LogP contribution is 2.42. The van der Waals surface area contributed by atoms with Crippen molar-refractivity contribution in [3.8, 4) is 0 Å². The summed E-state index contributed by atoms with van der Waals surface area (Å²) in [4.78, 5) is 19.5. The summed E-state index contributed by atoms with van der Waals surface area (Å²) in [5.74, 6) is 2.56. The molecular formula is C35H37O3PS2. The van der Waals surface area contributed by atoms with Crippen LogP contribution in [0.15, 0.2) is 165 Å². The maximum absolute atomic E-state index is 7.00. The first-order chi connectivity index (χ1) is 19.8. The third-order valence-electron chi connectivity index (χ3n) is 5.98. The Kier molecular flexibility index (Phi) is 17.1. The molecule has 41 heavy (non-hydrogen) atoms. The van der Waals surface area contributed by atoms with E-state index in [1.165, 1.54) is 49.5 Å². The van der Waals surface area contributed by atoms with Gasteiger partial charge in [0.1, 0.15) is 0 Å². The van der Waals surface area contributed by atoms with Gasteiger partial charge in [-0.2, -0.15) is 0 Å². The first-order valence-corrected chi connectivity index (χ1v) is 16.4. The van der Waals surface area contributed by atoms with Gasteiger partial charge in [0, 0.05) is 19.7 Å². The highest BCUT2D eigenvalue weighted by molar-refractivity contribution is 8.03. The van der Waals surface area contributed by atoms with Gasteiger partial charge in [-0.05, 0) is 84.1 Å². The monoisotopic (exact) mass is 600 g/mol. The van der Waals surface area contributed by atoms with Gasteiger partial charge in [-0.25, -0.2) is 0 Å². The summed E-state index contributed by atoms with van der Waals surface area (Å²) in [6.07, 6.45) is 9.87. The molecule has 0 amide bonds. The van der Waals surface area contributed by atoms with E-state index in [4.69, 9.17) is 9.93 Å². The summed E-state index contributed by atoms with van der Waals surface area (Å²) in [6.45, 7) is 3.93. The molecule has 0 saturated carbocycles. The Morgan fingerprint density at radius 3 is 1.41 bits per heavy atom. The van der Waals surface area contributed by atoms with E-state index in [2.05, 4.69) is 140 Å². The quantitative estimate of drug-likeness (QED) is 0.0625. The van der Waals surface area contributed by atoms with E-state index in [1.54, 1.807) is 0 Å². The van der Waals surface area contributed by atoms with Crippen molar-refractivity contribution in [1.29, 1.82) is 0 Å². The van der Waals surface area contributed by atoms with Crippen LogP contribution in [0.3, 0.4) is 0 Å². The number of hydrogen-bond acceptors (Lipinski definition) is 4. The van der Waals surface area contributed by atoms with Crippen LogP contribution in [-0.2, 0) is 0 Å². The highest BCUT2D eigenvalue weighted by Gasteiger charge is 2.13. The Labute approximate surface area is 254 Å². The Hall–Kier alpha value is -3.21. The van der Waals surface area contributed by atoms with Gasteiger partial charge in [-0.3, -0.25) is 0 Å². The second-order valence-corrected chi connectivity index (χ2v) is 13.3. The fraction of sp³-hybridized carbons (Fsp3) is 0.143. The summed E-state index contributed by atoms with van der Waals surface area (Å²) in [7, 11) is -0.561. The van der Waals surface area contributed by atoms with E-state index in [1.807, 2.05) is 29.6 Å². The van der Waals surface area contributed by atoms with Crippen LogP contribution in [-0.4, -0.2) is 5.48 Å². The van der Waals surface area contributed by atoms with Crippen molar-refractivity contribution in [1.82, 2.24) is 0 Å². The van der Waals surface area contributed by atoms with Gasteiger partial charge in [-0.1, -0.05) is 146 Å². The minimum absolute atomic E-state index is 0. The number of benzene rings is 4. The maximum Gasteiger partial charge on any atom is 0.0119 e. The lowest BCUT2D eigenvalue weighted by molar-refractivity contribution is 0.691. The molecule has 4 aromatic carbocycles. The standard InChI is InChI=1S/C35H35PS2.O2.H2O/c1-2-18-32(37-33-24-13-5-14-25-33)23-12-7-17-28-35(38-34-26-15-6-16-27-34)29-36(30-19-8-3-9-20-30)31-21-10-4-11-22-31;1-2;/h2-6,8-11,13-16,18-22,24-27,29H,1,7,12,17,23,28H2;;1H2/b32-18+,35-29-;;. The lowest BCUT2D eigenvalue weighted by atomic mass is 10.1. The van der Waals surface area contributed by atoms with Gasteiger partial charge < -0.3 is 5.48 Å². The van der Waals surface area contributed by atoms with Gasteiger partial charge in [0.05, 0.1) is 0 Å². The normalized spacial score (nSPS) is 11.2. The summed E-state index contributed by atoms with van der Waals surface area (Å²) in [6, 6.07) is 43.4. The highest BCUT2D eigenvalue weighted by atomic mass is 32.2. The minimum Gasteiger partial charge on any atom is -0.412 e. The molecule has 2 N–H and O–H groups in total. The third kappa shape index (κ3) is 12.5. The number of rotatable bonds is 14. The first kappa shape index (κ1) is 34.0. The summed E-state index contributed by atoms with van der Waals surface area (Å²) in [5.41, 5.74) is 0. The van der Waals surface area contributed by atoms with Gasteiger partial charge in [0.15, 0.2) is 0 Å². The van der Waals surface area contributed by atoms with Crippen LogP contribution in [0.5, 0.6) is 0 Å². The molecule has 3 nitrogen and oxygen atoms in total. The smallest absolute Gasteiger partial charge is 0.0119 e. The first-order valence-electron chi connectivity index (χ1n) is 13.4. The summed E-state index contributed by atoms with van der Waals surface area (Å²) in [5, 5.41) is 2.80. The Morgan fingerprint density at radius 1 is 0.585 bits per heavy atom. The van der Waals surface area contributed by atoms with E-state index in [0.29, 0.717) is 0 Å². The molecule has 6 heteroatoms. The van der Waals surface area contributed by atoms with Crippen molar-refractivity contribution >= 4 is 42.1 Å². The SMILES string of the molecule is C=C/C=C(\CCCCC/C(=C/P(c1ccccc1)c1ccccc1)Sc1ccccc1)Sc1ccccc1.O.O=O. The molecule has 0 unspecified atom stereocenters. The van der Waals surface area contributed by atoms with Crippen LogP contribution in [0, 0.1) is 9.93 Å². The zero-order chi connectivity index (χ0) is 28.3. The van der Waals surface area contributed by atoms with E-state index in [9.17, 15) is 0 Å². The zero-order valence-electron chi connectivity index (χ0n) is 23.1. The molecule has 0 aromatic heterocycles. The molecule has 0 aliphatic carbocycles. The number of allylic oxidation sites excluding steroid dienone is 4. The van der Waals surface area contributed by atoms with Crippen molar-refractivity contribution in [2.24, 2.45) is 0 Å². The molecule has 0 saturated heterocycles. The predicted octanol–water partition coefficient (Wildman–Crippen LogP) is 9.81. The van der Waals surface area contributed by atoms with Crippen LogP contribution < -0.4 is 10.6 Å². The Balaban J connectivity index is 0.00000192. The van der Waals surface area contributed by atoms with Crippen molar-refractivity contribution in [3.05, 3.63) is 166 Å².